The molecule has 0 heterocycles. The highest BCUT2D eigenvalue weighted by atomic mass is 16.6. The molecule has 7 heteroatoms. The van der Waals surface area contributed by atoms with Crippen molar-refractivity contribution in [2.75, 3.05) is 13.7 Å². The monoisotopic (exact) mass is 472 g/mol. The Morgan fingerprint density at radius 2 is 1.79 bits per heavy atom. The number of likely N-dealkylation sites (N-methyl/N-ethyl adjacent to an activating group) is 1. The van der Waals surface area contributed by atoms with Gasteiger partial charge >= 0.3 is 6.09 Å². The zero-order valence-corrected chi connectivity index (χ0v) is 21.0. The van der Waals surface area contributed by atoms with Gasteiger partial charge in [0.15, 0.2) is 0 Å². The summed E-state index contributed by atoms with van der Waals surface area (Å²) in [5.74, 6) is 0.469. The molecule has 1 aromatic rings. The normalized spacial score (nSPS) is 21.8. The molecule has 2 aliphatic carbocycles. The summed E-state index contributed by atoms with van der Waals surface area (Å²) < 4.78 is 11.4. The molecule has 2 amide bonds. The topological polar surface area (TPSA) is 84.9 Å². The van der Waals surface area contributed by atoms with E-state index < -0.39 is 17.7 Å². The number of benzene rings is 1. The van der Waals surface area contributed by atoms with Crippen LogP contribution in [0, 0.1) is 11.8 Å². The molecule has 0 aromatic heterocycles. The van der Waals surface area contributed by atoms with Gasteiger partial charge in [-0.05, 0) is 83.1 Å². The van der Waals surface area contributed by atoms with E-state index >= 15 is 0 Å². The van der Waals surface area contributed by atoms with Crippen LogP contribution in [0.4, 0.5) is 4.79 Å². The maximum atomic E-state index is 13.4. The molecule has 0 spiro atoms. The van der Waals surface area contributed by atoms with Crippen molar-refractivity contribution in [3.05, 3.63) is 35.4 Å². The van der Waals surface area contributed by atoms with Crippen LogP contribution in [0.1, 0.15) is 81.6 Å². The summed E-state index contributed by atoms with van der Waals surface area (Å²) in [7, 11) is 1.85. The molecule has 0 aliphatic heterocycles. The fraction of sp³-hybridized carbons (Fsp3) is 0.667. The van der Waals surface area contributed by atoms with Crippen molar-refractivity contribution in [1.82, 2.24) is 10.2 Å². The van der Waals surface area contributed by atoms with Gasteiger partial charge in [0, 0.05) is 25.3 Å². The van der Waals surface area contributed by atoms with Gasteiger partial charge in [-0.1, -0.05) is 24.3 Å². The SMILES string of the molecule is CN(C(=O)[C@@H](NC(=O)OC(C)(C)C)C1CCC(COCc2ccccc2C=O)CC1)C1CCC1. The summed E-state index contributed by atoms with van der Waals surface area (Å²) in [6.45, 7) is 6.51. The molecule has 2 fully saturated rings. The second-order valence-corrected chi connectivity index (χ2v) is 10.8. The van der Waals surface area contributed by atoms with Gasteiger partial charge < -0.3 is 19.7 Å². The maximum absolute atomic E-state index is 13.4. The summed E-state index contributed by atoms with van der Waals surface area (Å²) in [4.78, 5) is 38.9. The zero-order chi connectivity index (χ0) is 24.7. The number of rotatable bonds is 9. The number of aldehydes is 1. The Bertz CT molecular complexity index is 838. The second kappa shape index (κ2) is 11.8. The van der Waals surface area contributed by atoms with E-state index in [1.807, 2.05) is 50.9 Å². The van der Waals surface area contributed by atoms with E-state index in [2.05, 4.69) is 5.32 Å². The van der Waals surface area contributed by atoms with Crippen LogP contribution in [-0.4, -0.2) is 54.5 Å². The van der Waals surface area contributed by atoms with Crippen molar-refractivity contribution >= 4 is 18.3 Å². The number of hydrogen-bond donors (Lipinski definition) is 1. The lowest BCUT2D eigenvalue weighted by Crippen LogP contribution is -2.55. The largest absolute Gasteiger partial charge is 0.444 e. The average Bonchev–Trinajstić information content (AvgIpc) is 2.75. The van der Waals surface area contributed by atoms with E-state index in [-0.39, 0.29) is 17.9 Å². The summed E-state index contributed by atoms with van der Waals surface area (Å²) in [5.41, 5.74) is 0.948. The molecule has 1 N–H and O–H groups in total. The number of nitrogens with one attached hydrogen (secondary N) is 1. The first kappa shape index (κ1) is 26.2. The number of nitrogens with zero attached hydrogens (tertiary/aromatic N) is 1. The van der Waals surface area contributed by atoms with E-state index in [4.69, 9.17) is 9.47 Å². The Kier molecular flexibility index (Phi) is 9.11. The van der Waals surface area contributed by atoms with Gasteiger partial charge in [0.1, 0.15) is 17.9 Å². The van der Waals surface area contributed by atoms with Crippen molar-refractivity contribution in [3.63, 3.8) is 0 Å². The van der Waals surface area contributed by atoms with Gasteiger partial charge in [-0.2, -0.15) is 0 Å². The van der Waals surface area contributed by atoms with Crippen LogP contribution in [0.2, 0.25) is 0 Å². The lowest BCUT2D eigenvalue weighted by Gasteiger charge is -2.40. The first-order valence-corrected chi connectivity index (χ1v) is 12.5. The molecule has 7 nitrogen and oxygen atoms in total. The minimum Gasteiger partial charge on any atom is -0.444 e. The minimum absolute atomic E-state index is 0.0132. The van der Waals surface area contributed by atoms with Crippen molar-refractivity contribution in [1.29, 1.82) is 0 Å². The molecule has 34 heavy (non-hydrogen) atoms. The predicted molar refractivity (Wildman–Crippen MR) is 131 cm³/mol. The van der Waals surface area contributed by atoms with Crippen molar-refractivity contribution in [3.8, 4) is 0 Å². The molecule has 0 radical (unpaired) electrons. The third-order valence-electron chi connectivity index (χ3n) is 7.06. The summed E-state index contributed by atoms with van der Waals surface area (Å²) in [6.07, 6.45) is 7.10. The predicted octanol–water partition coefficient (Wildman–Crippen LogP) is 4.73. The van der Waals surface area contributed by atoms with Crippen LogP contribution < -0.4 is 5.32 Å². The van der Waals surface area contributed by atoms with Crippen molar-refractivity contribution in [2.24, 2.45) is 11.8 Å². The number of alkyl carbamates (subject to hydrolysis) is 1. The molecule has 0 bridgehead atoms. The fourth-order valence-corrected chi connectivity index (χ4v) is 4.79. The number of amides is 2. The van der Waals surface area contributed by atoms with E-state index in [9.17, 15) is 14.4 Å². The third kappa shape index (κ3) is 7.29. The van der Waals surface area contributed by atoms with Gasteiger partial charge in [0.05, 0.1) is 6.61 Å². The van der Waals surface area contributed by atoms with Crippen LogP contribution in [0.15, 0.2) is 24.3 Å². The molecule has 1 atom stereocenters. The number of carbonyl (C=O) groups is 3. The van der Waals surface area contributed by atoms with E-state index in [1.165, 1.54) is 0 Å². The Morgan fingerprint density at radius 1 is 1.12 bits per heavy atom. The maximum Gasteiger partial charge on any atom is 0.408 e. The summed E-state index contributed by atoms with van der Waals surface area (Å²) in [5, 5.41) is 2.90. The first-order valence-electron chi connectivity index (χ1n) is 12.5. The first-order chi connectivity index (χ1) is 16.2. The lowest BCUT2D eigenvalue weighted by atomic mass is 9.78. The summed E-state index contributed by atoms with van der Waals surface area (Å²) in [6, 6.07) is 7.17. The van der Waals surface area contributed by atoms with Crippen LogP contribution in [0.5, 0.6) is 0 Å². The Hall–Kier alpha value is -2.41. The summed E-state index contributed by atoms with van der Waals surface area (Å²) >= 11 is 0. The molecule has 0 unspecified atom stereocenters. The quantitative estimate of drug-likeness (QED) is 0.526. The van der Waals surface area contributed by atoms with Crippen LogP contribution in [0.3, 0.4) is 0 Å². The molecule has 2 saturated carbocycles. The lowest BCUT2D eigenvalue weighted by molar-refractivity contribution is -0.137. The van der Waals surface area contributed by atoms with Gasteiger partial charge in [-0.25, -0.2) is 4.79 Å². The third-order valence-corrected chi connectivity index (χ3v) is 7.06. The second-order valence-electron chi connectivity index (χ2n) is 10.8. The van der Waals surface area contributed by atoms with Crippen LogP contribution >= 0.6 is 0 Å². The van der Waals surface area contributed by atoms with E-state index in [0.717, 1.165) is 56.8 Å². The Morgan fingerprint density at radius 3 is 2.38 bits per heavy atom. The fourth-order valence-electron chi connectivity index (χ4n) is 4.79. The molecule has 2 aliphatic rings. The average molecular weight is 473 g/mol. The highest BCUT2D eigenvalue weighted by molar-refractivity contribution is 5.86. The number of ether oxygens (including phenoxy) is 2. The van der Waals surface area contributed by atoms with Crippen LogP contribution in [-0.2, 0) is 20.9 Å². The highest BCUT2D eigenvalue weighted by Crippen LogP contribution is 2.33. The minimum atomic E-state index is -0.616. The molecule has 1 aromatic carbocycles. The molecule has 0 saturated heterocycles. The van der Waals surface area contributed by atoms with Gasteiger partial charge in [0.2, 0.25) is 5.91 Å². The van der Waals surface area contributed by atoms with Gasteiger partial charge in [-0.15, -0.1) is 0 Å². The standard InChI is InChI=1S/C27H40N2O5/c1-27(2,3)34-26(32)28-24(25(31)29(4)23-10-7-11-23)20-14-12-19(13-15-20)17-33-18-22-9-6-5-8-21(22)16-30/h5-6,8-9,16,19-20,23-24H,7,10-15,17-18H2,1-4H3,(H,28,32)/t19?,20?,24-/m0/s1. The van der Waals surface area contributed by atoms with E-state index in [0.29, 0.717) is 24.7 Å². The molecular formula is C27H40N2O5. The zero-order valence-electron chi connectivity index (χ0n) is 21.0. The molecule has 188 valence electrons. The number of carbonyl (C=O) groups excluding carboxylic acids is 3. The Balaban J connectivity index is 1.54. The van der Waals surface area contributed by atoms with Gasteiger partial charge in [0.25, 0.3) is 0 Å². The number of hydrogen-bond acceptors (Lipinski definition) is 5. The molecular weight excluding hydrogens is 432 g/mol. The smallest absolute Gasteiger partial charge is 0.408 e. The van der Waals surface area contributed by atoms with Gasteiger partial charge in [-0.3, -0.25) is 9.59 Å². The Labute approximate surface area is 203 Å². The van der Waals surface area contributed by atoms with Crippen molar-refractivity contribution in [2.45, 2.75) is 90.0 Å². The van der Waals surface area contributed by atoms with E-state index in [1.54, 1.807) is 6.07 Å². The highest BCUT2D eigenvalue weighted by Gasteiger charge is 2.38. The molecule has 3 rings (SSSR count). The van der Waals surface area contributed by atoms with Crippen molar-refractivity contribution < 1.29 is 23.9 Å². The van der Waals surface area contributed by atoms with Crippen LogP contribution in [0.25, 0.3) is 0 Å².